The number of aromatic nitrogens is 2. The Morgan fingerprint density at radius 2 is 2.14 bits per heavy atom. The van der Waals surface area contributed by atoms with Crippen LogP contribution >= 0.6 is 0 Å². The molecule has 2 N–H and O–H groups in total. The van der Waals surface area contributed by atoms with Crippen molar-refractivity contribution in [2.24, 2.45) is 5.92 Å². The fourth-order valence-corrected chi connectivity index (χ4v) is 3.16. The van der Waals surface area contributed by atoms with Gasteiger partial charge >= 0.3 is 0 Å². The third kappa shape index (κ3) is 3.30. The molecule has 0 aliphatic carbocycles. The van der Waals surface area contributed by atoms with E-state index in [1.54, 1.807) is 0 Å². The maximum absolute atomic E-state index is 12.1. The highest BCUT2D eigenvalue weighted by molar-refractivity contribution is 5.78. The van der Waals surface area contributed by atoms with Crippen LogP contribution in [0.3, 0.4) is 0 Å². The van der Waals surface area contributed by atoms with Gasteiger partial charge in [-0.15, -0.1) is 0 Å². The second-order valence-electron chi connectivity index (χ2n) is 5.97. The maximum Gasteiger partial charge on any atom is 0.223 e. The SMILES string of the molecule is Cc1nc2ccccc2n1CCCNC(=O)C1CCNCC1. The summed E-state index contributed by atoms with van der Waals surface area (Å²) in [6.07, 6.45) is 2.84. The first-order chi connectivity index (χ1) is 10.8. The largest absolute Gasteiger partial charge is 0.356 e. The summed E-state index contributed by atoms with van der Waals surface area (Å²) in [6.45, 7) is 5.57. The molecule has 5 nitrogen and oxygen atoms in total. The summed E-state index contributed by atoms with van der Waals surface area (Å²) < 4.78 is 2.23. The van der Waals surface area contributed by atoms with Crippen molar-refractivity contribution in [3.05, 3.63) is 30.1 Å². The predicted octanol–water partition coefficient (Wildman–Crippen LogP) is 1.85. The average molecular weight is 300 g/mol. The molecule has 118 valence electrons. The number of carbonyl (C=O) groups excluding carboxylic acids is 1. The van der Waals surface area contributed by atoms with Crippen LogP contribution in [0.25, 0.3) is 11.0 Å². The summed E-state index contributed by atoms with van der Waals surface area (Å²) in [5.74, 6) is 1.44. The molecule has 1 aliphatic rings. The highest BCUT2D eigenvalue weighted by Gasteiger charge is 2.20. The number of piperidine rings is 1. The van der Waals surface area contributed by atoms with Crippen LogP contribution in [0.15, 0.2) is 24.3 Å². The Morgan fingerprint density at radius 3 is 2.95 bits per heavy atom. The minimum absolute atomic E-state index is 0.192. The number of benzene rings is 1. The first-order valence-corrected chi connectivity index (χ1v) is 8.16. The van der Waals surface area contributed by atoms with Gasteiger partial charge in [0.15, 0.2) is 0 Å². The Labute approximate surface area is 131 Å². The van der Waals surface area contributed by atoms with Crippen molar-refractivity contribution in [3.63, 3.8) is 0 Å². The van der Waals surface area contributed by atoms with Gasteiger partial charge < -0.3 is 15.2 Å². The molecule has 1 fully saturated rings. The lowest BCUT2D eigenvalue weighted by atomic mass is 9.97. The molecule has 0 atom stereocenters. The second-order valence-corrected chi connectivity index (χ2v) is 5.97. The van der Waals surface area contributed by atoms with Gasteiger partial charge in [0.2, 0.25) is 5.91 Å². The lowest BCUT2D eigenvalue weighted by molar-refractivity contribution is -0.125. The number of carbonyl (C=O) groups is 1. The summed E-state index contributed by atoms with van der Waals surface area (Å²) in [7, 11) is 0. The molecule has 1 saturated heterocycles. The summed E-state index contributed by atoms with van der Waals surface area (Å²) >= 11 is 0. The Morgan fingerprint density at radius 1 is 1.36 bits per heavy atom. The van der Waals surface area contributed by atoms with Crippen LogP contribution in [0.5, 0.6) is 0 Å². The molecule has 0 bridgehead atoms. The molecule has 0 saturated carbocycles. The van der Waals surface area contributed by atoms with Gasteiger partial charge in [-0.25, -0.2) is 4.98 Å². The Kier molecular flexibility index (Phi) is 4.73. The number of nitrogens with zero attached hydrogens (tertiary/aromatic N) is 2. The molecule has 2 heterocycles. The van der Waals surface area contributed by atoms with Crippen molar-refractivity contribution in [1.29, 1.82) is 0 Å². The van der Waals surface area contributed by atoms with E-state index in [9.17, 15) is 4.79 Å². The second kappa shape index (κ2) is 6.92. The number of nitrogens with one attached hydrogen (secondary N) is 2. The molecule has 0 unspecified atom stereocenters. The van der Waals surface area contributed by atoms with Crippen molar-refractivity contribution in [2.45, 2.75) is 32.7 Å². The number of hydrogen-bond acceptors (Lipinski definition) is 3. The van der Waals surface area contributed by atoms with Gasteiger partial charge in [0.1, 0.15) is 5.82 Å². The number of imidazole rings is 1. The average Bonchev–Trinajstić information content (AvgIpc) is 2.88. The van der Waals surface area contributed by atoms with E-state index in [-0.39, 0.29) is 11.8 Å². The summed E-state index contributed by atoms with van der Waals surface area (Å²) in [4.78, 5) is 16.6. The van der Waals surface area contributed by atoms with E-state index in [4.69, 9.17) is 0 Å². The summed E-state index contributed by atoms with van der Waals surface area (Å²) in [6, 6.07) is 8.19. The standard InChI is InChI=1S/C17H24N4O/c1-13-20-15-5-2-3-6-16(15)21(13)12-4-9-19-17(22)14-7-10-18-11-8-14/h2-3,5-6,14,18H,4,7-12H2,1H3,(H,19,22). The molecule has 1 amide bonds. The quantitative estimate of drug-likeness (QED) is 0.829. The molecule has 1 aromatic carbocycles. The number of aryl methyl sites for hydroxylation is 2. The number of hydrogen-bond donors (Lipinski definition) is 2. The van der Waals surface area contributed by atoms with Crippen LogP contribution in [0.2, 0.25) is 0 Å². The minimum Gasteiger partial charge on any atom is -0.356 e. The normalized spacial score (nSPS) is 16.0. The smallest absolute Gasteiger partial charge is 0.223 e. The van der Waals surface area contributed by atoms with Crippen molar-refractivity contribution in [2.75, 3.05) is 19.6 Å². The van der Waals surface area contributed by atoms with Gasteiger partial charge in [-0.1, -0.05) is 12.1 Å². The van der Waals surface area contributed by atoms with Crippen LogP contribution in [-0.2, 0) is 11.3 Å². The number of amides is 1. The molecule has 0 spiro atoms. The van der Waals surface area contributed by atoms with Gasteiger partial charge in [0.05, 0.1) is 11.0 Å². The third-order valence-electron chi connectivity index (χ3n) is 4.41. The molecule has 3 rings (SSSR count). The Hall–Kier alpha value is -1.88. The van der Waals surface area contributed by atoms with Crippen LogP contribution < -0.4 is 10.6 Å². The highest BCUT2D eigenvalue weighted by Crippen LogP contribution is 2.16. The third-order valence-corrected chi connectivity index (χ3v) is 4.41. The van der Waals surface area contributed by atoms with E-state index in [0.717, 1.165) is 56.8 Å². The van der Waals surface area contributed by atoms with Gasteiger partial charge in [0.25, 0.3) is 0 Å². The van der Waals surface area contributed by atoms with E-state index < -0.39 is 0 Å². The monoisotopic (exact) mass is 300 g/mol. The van der Waals surface area contributed by atoms with E-state index in [1.807, 2.05) is 25.1 Å². The van der Waals surface area contributed by atoms with E-state index >= 15 is 0 Å². The number of fused-ring (bicyclic) bond motifs is 1. The van der Waals surface area contributed by atoms with Crippen molar-refractivity contribution in [3.8, 4) is 0 Å². The molecule has 1 aromatic heterocycles. The minimum atomic E-state index is 0.192. The van der Waals surface area contributed by atoms with Gasteiger partial charge in [-0.05, 0) is 51.4 Å². The zero-order chi connectivity index (χ0) is 15.4. The van der Waals surface area contributed by atoms with E-state index in [1.165, 1.54) is 5.52 Å². The van der Waals surface area contributed by atoms with Crippen LogP contribution in [0.4, 0.5) is 0 Å². The van der Waals surface area contributed by atoms with E-state index in [0.29, 0.717) is 0 Å². The van der Waals surface area contributed by atoms with Crippen molar-refractivity contribution in [1.82, 2.24) is 20.2 Å². The molecule has 0 radical (unpaired) electrons. The van der Waals surface area contributed by atoms with Crippen LogP contribution in [-0.4, -0.2) is 35.1 Å². The number of para-hydroxylation sites is 2. The van der Waals surface area contributed by atoms with Crippen molar-refractivity contribution >= 4 is 16.9 Å². The maximum atomic E-state index is 12.1. The van der Waals surface area contributed by atoms with Gasteiger partial charge in [-0.2, -0.15) is 0 Å². The first-order valence-electron chi connectivity index (χ1n) is 8.16. The zero-order valence-corrected chi connectivity index (χ0v) is 13.1. The van der Waals surface area contributed by atoms with Gasteiger partial charge in [0, 0.05) is 19.0 Å². The number of rotatable bonds is 5. The van der Waals surface area contributed by atoms with Crippen LogP contribution in [0, 0.1) is 12.8 Å². The summed E-state index contributed by atoms with van der Waals surface area (Å²) in [5.41, 5.74) is 2.21. The molecule has 22 heavy (non-hydrogen) atoms. The molecular weight excluding hydrogens is 276 g/mol. The van der Waals surface area contributed by atoms with E-state index in [2.05, 4.69) is 26.3 Å². The lowest BCUT2D eigenvalue weighted by Gasteiger charge is -2.21. The fraction of sp³-hybridized carbons (Fsp3) is 0.529. The fourth-order valence-electron chi connectivity index (χ4n) is 3.16. The first kappa shape index (κ1) is 15.0. The molecule has 2 aromatic rings. The Bertz CT molecular complexity index is 643. The van der Waals surface area contributed by atoms with Crippen LogP contribution in [0.1, 0.15) is 25.1 Å². The Balaban J connectivity index is 1.50. The predicted molar refractivity (Wildman–Crippen MR) is 87.7 cm³/mol. The lowest BCUT2D eigenvalue weighted by Crippen LogP contribution is -2.38. The zero-order valence-electron chi connectivity index (χ0n) is 13.1. The van der Waals surface area contributed by atoms with Crippen molar-refractivity contribution < 1.29 is 4.79 Å². The summed E-state index contributed by atoms with van der Waals surface area (Å²) in [5, 5.41) is 6.37. The molecule has 5 heteroatoms. The highest BCUT2D eigenvalue weighted by atomic mass is 16.1. The topological polar surface area (TPSA) is 59.0 Å². The van der Waals surface area contributed by atoms with Gasteiger partial charge in [-0.3, -0.25) is 4.79 Å². The molecule has 1 aliphatic heterocycles. The molecular formula is C17H24N4O.